The lowest BCUT2D eigenvalue weighted by Crippen LogP contribution is -2.47. The molecule has 2 aromatic rings. The van der Waals surface area contributed by atoms with Gasteiger partial charge in [0.05, 0.1) is 11.8 Å². The standard InChI is InChI=1S/C18H21N5O2/c1-21-11-14(8-20-21)17(24)23-10-13-5-6-15(23)12-22(9-13)18(25)16-4-2-3-7-19-16/h2-4,7-8,11,13,15H,5-6,9-10,12H2,1H3/t13-,15+/m0/s1. The van der Waals surface area contributed by atoms with E-state index in [1.807, 2.05) is 15.9 Å². The lowest BCUT2D eigenvalue weighted by atomic mass is 9.94. The number of hydrogen-bond acceptors (Lipinski definition) is 4. The van der Waals surface area contributed by atoms with Crippen LogP contribution in [0.2, 0.25) is 0 Å². The third kappa shape index (κ3) is 3.01. The van der Waals surface area contributed by atoms with Gasteiger partial charge in [0.2, 0.25) is 0 Å². The van der Waals surface area contributed by atoms with Gasteiger partial charge in [0.1, 0.15) is 5.69 Å². The molecule has 130 valence electrons. The number of amides is 2. The predicted octanol–water partition coefficient (Wildman–Crippen LogP) is 1.19. The maximum Gasteiger partial charge on any atom is 0.272 e. The highest BCUT2D eigenvalue weighted by molar-refractivity contribution is 5.94. The average Bonchev–Trinajstić information content (AvgIpc) is 2.88. The number of piperidine rings is 1. The van der Waals surface area contributed by atoms with Crippen LogP contribution in [0, 0.1) is 5.92 Å². The molecule has 0 saturated carbocycles. The van der Waals surface area contributed by atoms with E-state index in [0.29, 0.717) is 36.8 Å². The molecule has 7 heteroatoms. The van der Waals surface area contributed by atoms with Gasteiger partial charge >= 0.3 is 0 Å². The molecule has 3 fully saturated rings. The molecular weight excluding hydrogens is 318 g/mol. The maximum atomic E-state index is 12.9. The Bertz CT molecular complexity index is 788. The molecule has 5 rings (SSSR count). The summed E-state index contributed by atoms with van der Waals surface area (Å²) in [5.74, 6) is 0.273. The third-order valence-corrected chi connectivity index (χ3v) is 5.10. The van der Waals surface area contributed by atoms with Crippen LogP contribution in [0.5, 0.6) is 0 Å². The summed E-state index contributed by atoms with van der Waals surface area (Å²) in [6, 6.07) is 5.43. The molecular formula is C18H21N5O2. The van der Waals surface area contributed by atoms with E-state index in [4.69, 9.17) is 0 Å². The topological polar surface area (TPSA) is 71.3 Å². The molecule has 3 saturated heterocycles. The van der Waals surface area contributed by atoms with Gasteiger partial charge in [-0.25, -0.2) is 0 Å². The van der Waals surface area contributed by atoms with Crippen molar-refractivity contribution in [2.45, 2.75) is 18.9 Å². The largest absolute Gasteiger partial charge is 0.335 e. The Kier molecular flexibility index (Phi) is 3.99. The minimum Gasteiger partial charge on any atom is -0.335 e. The Morgan fingerprint density at radius 1 is 1.12 bits per heavy atom. The summed E-state index contributed by atoms with van der Waals surface area (Å²) >= 11 is 0. The van der Waals surface area contributed by atoms with Crippen molar-refractivity contribution in [3.05, 3.63) is 48.0 Å². The Hall–Kier alpha value is -2.70. The summed E-state index contributed by atoms with van der Waals surface area (Å²) < 4.78 is 1.64. The quantitative estimate of drug-likeness (QED) is 0.824. The van der Waals surface area contributed by atoms with Gasteiger partial charge in [0.25, 0.3) is 11.8 Å². The smallest absolute Gasteiger partial charge is 0.272 e. The Labute approximate surface area is 146 Å². The number of carbonyl (C=O) groups excluding carboxylic acids is 2. The Morgan fingerprint density at radius 2 is 2.00 bits per heavy atom. The fourth-order valence-electron chi connectivity index (χ4n) is 3.85. The van der Waals surface area contributed by atoms with Crippen molar-refractivity contribution >= 4 is 11.8 Å². The lowest BCUT2D eigenvalue weighted by Gasteiger charge is -2.35. The normalized spacial score (nSPS) is 22.8. The summed E-state index contributed by atoms with van der Waals surface area (Å²) in [6.07, 6.45) is 6.98. The van der Waals surface area contributed by atoms with Crippen molar-refractivity contribution < 1.29 is 9.59 Å². The second-order valence-electron chi connectivity index (χ2n) is 6.88. The van der Waals surface area contributed by atoms with Crippen molar-refractivity contribution in [1.82, 2.24) is 24.6 Å². The summed E-state index contributed by atoms with van der Waals surface area (Å²) in [7, 11) is 1.80. The third-order valence-electron chi connectivity index (χ3n) is 5.10. The molecule has 2 atom stereocenters. The molecule has 2 bridgehead atoms. The van der Waals surface area contributed by atoms with Crippen LogP contribution in [0.4, 0.5) is 0 Å². The summed E-state index contributed by atoms with van der Waals surface area (Å²) in [5.41, 5.74) is 1.08. The number of aromatic nitrogens is 3. The first-order chi connectivity index (χ1) is 12.1. The molecule has 0 radical (unpaired) electrons. The molecule has 5 heterocycles. The van der Waals surface area contributed by atoms with Gasteiger partial charge in [0.15, 0.2) is 0 Å². The van der Waals surface area contributed by atoms with Crippen LogP contribution in [0.15, 0.2) is 36.8 Å². The molecule has 25 heavy (non-hydrogen) atoms. The van der Waals surface area contributed by atoms with Gasteiger partial charge in [-0.1, -0.05) is 6.07 Å². The molecule has 0 spiro atoms. The van der Waals surface area contributed by atoms with Crippen LogP contribution in [-0.4, -0.2) is 62.1 Å². The Morgan fingerprint density at radius 3 is 2.72 bits per heavy atom. The van der Waals surface area contributed by atoms with Crippen LogP contribution in [0.1, 0.15) is 33.7 Å². The first kappa shape index (κ1) is 15.8. The van der Waals surface area contributed by atoms with Gasteiger partial charge < -0.3 is 9.80 Å². The van der Waals surface area contributed by atoms with Gasteiger partial charge in [-0.3, -0.25) is 19.3 Å². The van der Waals surface area contributed by atoms with E-state index in [1.165, 1.54) is 0 Å². The van der Waals surface area contributed by atoms with E-state index in [-0.39, 0.29) is 17.9 Å². The molecule has 7 nitrogen and oxygen atoms in total. The van der Waals surface area contributed by atoms with E-state index < -0.39 is 0 Å². The fraction of sp³-hybridized carbons (Fsp3) is 0.444. The summed E-state index contributed by atoms with van der Waals surface area (Å²) in [5, 5.41) is 4.10. The van der Waals surface area contributed by atoms with Crippen LogP contribution in [0.3, 0.4) is 0 Å². The monoisotopic (exact) mass is 339 g/mol. The highest BCUT2D eigenvalue weighted by Crippen LogP contribution is 2.29. The molecule has 3 aliphatic rings. The minimum absolute atomic E-state index is 0.00920. The summed E-state index contributed by atoms with van der Waals surface area (Å²) in [6.45, 7) is 1.95. The van der Waals surface area contributed by atoms with Crippen molar-refractivity contribution in [3.8, 4) is 0 Å². The van der Waals surface area contributed by atoms with E-state index in [1.54, 1.807) is 42.5 Å². The fourth-order valence-corrected chi connectivity index (χ4v) is 3.85. The average molecular weight is 339 g/mol. The number of hydrogen-bond donors (Lipinski definition) is 0. The van der Waals surface area contributed by atoms with E-state index >= 15 is 0 Å². The van der Waals surface area contributed by atoms with E-state index in [9.17, 15) is 9.59 Å². The highest BCUT2D eigenvalue weighted by atomic mass is 16.2. The number of aryl methyl sites for hydroxylation is 1. The van der Waals surface area contributed by atoms with E-state index in [2.05, 4.69) is 10.1 Å². The first-order valence-corrected chi connectivity index (χ1v) is 8.62. The molecule has 0 N–H and O–H groups in total. The zero-order chi connectivity index (χ0) is 17.4. The highest BCUT2D eigenvalue weighted by Gasteiger charge is 2.39. The number of pyridine rings is 1. The molecule has 2 amide bonds. The number of carbonyl (C=O) groups is 2. The summed E-state index contributed by atoms with van der Waals surface area (Å²) in [4.78, 5) is 33.6. The van der Waals surface area contributed by atoms with Crippen LogP contribution in [-0.2, 0) is 7.05 Å². The van der Waals surface area contributed by atoms with Crippen molar-refractivity contribution in [2.24, 2.45) is 13.0 Å². The zero-order valence-corrected chi connectivity index (χ0v) is 14.2. The molecule has 0 unspecified atom stereocenters. The van der Waals surface area contributed by atoms with E-state index in [0.717, 1.165) is 12.8 Å². The SMILES string of the molecule is Cn1cc(C(=O)N2C[C@H]3CC[C@@H]2CN(C(=O)c2ccccn2)C3)cn1. The van der Waals surface area contributed by atoms with Crippen molar-refractivity contribution in [1.29, 1.82) is 0 Å². The van der Waals surface area contributed by atoms with Crippen LogP contribution in [0.25, 0.3) is 0 Å². The zero-order valence-electron chi connectivity index (χ0n) is 14.2. The van der Waals surface area contributed by atoms with Gasteiger partial charge in [-0.15, -0.1) is 0 Å². The lowest BCUT2D eigenvalue weighted by molar-refractivity contribution is 0.0574. The second-order valence-corrected chi connectivity index (χ2v) is 6.88. The van der Waals surface area contributed by atoms with Crippen LogP contribution < -0.4 is 0 Å². The molecule has 2 aromatic heterocycles. The second kappa shape index (κ2) is 6.31. The van der Waals surface area contributed by atoms with Crippen LogP contribution >= 0.6 is 0 Å². The van der Waals surface area contributed by atoms with Crippen molar-refractivity contribution in [2.75, 3.05) is 19.6 Å². The van der Waals surface area contributed by atoms with Gasteiger partial charge in [-0.05, 0) is 30.9 Å². The molecule has 3 aliphatic heterocycles. The maximum absolute atomic E-state index is 12.9. The van der Waals surface area contributed by atoms with Gasteiger partial charge in [-0.2, -0.15) is 5.10 Å². The molecule has 0 aromatic carbocycles. The Balaban J connectivity index is 1.54. The minimum atomic E-state index is -0.0480. The molecule has 0 aliphatic carbocycles. The number of fused-ring (bicyclic) bond motifs is 4. The van der Waals surface area contributed by atoms with Gasteiger partial charge in [0, 0.05) is 45.1 Å². The number of nitrogens with zero attached hydrogens (tertiary/aromatic N) is 5. The number of rotatable bonds is 2. The first-order valence-electron chi connectivity index (χ1n) is 8.62. The van der Waals surface area contributed by atoms with Crippen molar-refractivity contribution in [3.63, 3.8) is 0 Å². The predicted molar refractivity (Wildman–Crippen MR) is 90.9 cm³/mol.